The van der Waals surface area contributed by atoms with Crippen LogP contribution in [0.1, 0.15) is 30.3 Å². The highest BCUT2D eigenvalue weighted by molar-refractivity contribution is 7.92. The molecule has 0 atom stereocenters. The zero-order valence-electron chi connectivity index (χ0n) is 11.1. The number of aryl methyl sites for hydroxylation is 2. The van der Waals surface area contributed by atoms with Gasteiger partial charge in [0.2, 0.25) is 10.0 Å². The van der Waals surface area contributed by atoms with Gasteiger partial charge in [-0.05, 0) is 39.8 Å². The molecule has 0 unspecified atom stereocenters. The van der Waals surface area contributed by atoms with Gasteiger partial charge in [-0.3, -0.25) is 4.72 Å². The fraction of sp³-hybridized carbons (Fsp3) is 0.727. The lowest BCUT2D eigenvalue weighted by Crippen LogP contribution is -2.19. The van der Waals surface area contributed by atoms with Gasteiger partial charge in [-0.2, -0.15) is 0 Å². The number of unbranched alkanes of at least 4 members (excludes halogenated alkanes) is 1. The lowest BCUT2D eigenvalue weighted by Gasteiger charge is -2.05. The van der Waals surface area contributed by atoms with Gasteiger partial charge < -0.3 is 5.32 Å². The van der Waals surface area contributed by atoms with Crippen molar-refractivity contribution in [1.29, 1.82) is 0 Å². The van der Waals surface area contributed by atoms with Crippen LogP contribution in [0.4, 0.5) is 5.13 Å². The molecular formula is C11H21N3O2S2. The molecule has 0 amide bonds. The molecule has 1 aromatic rings. The molecule has 0 aliphatic carbocycles. The van der Waals surface area contributed by atoms with Crippen LogP contribution in [0.3, 0.4) is 0 Å². The fourth-order valence-corrected chi connectivity index (χ4v) is 3.63. The molecule has 1 aromatic heterocycles. The van der Waals surface area contributed by atoms with Crippen molar-refractivity contribution in [2.45, 2.75) is 33.6 Å². The van der Waals surface area contributed by atoms with Crippen molar-refractivity contribution in [3.05, 3.63) is 10.6 Å². The molecule has 1 heterocycles. The monoisotopic (exact) mass is 291 g/mol. The van der Waals surface area contributed by atoms with Crippen LogP contribution >= 0.6 is 11.3 Å². The Kier molecular flexibility index (Phi) is 6.04. The number of thiazole rings is 1. The molecule has 0 aliphatic rings. The van der Waals surface area contributed by atoms with Crippen LogP contribution < -0.4 is 10.0 Å². The first-order chi connectivity index (χ1) is 8.44. The van der Waals surface area contributed by atoms with Crippen LogP contribution in [0, 0.1) is 13.8 Å². The molecule has 0 saturated heterocycles. The molecule has 7 heteroatoms. The number of aromatic nitrogens is 1. The molecule has 0 aromatic carbocycles. The highest BCUT2D eigenvalue weighted by Crippen LogP contribution is 2.22. The molecule has 0 saturated carbocycles. The van der Waals surface area contributed by atoms with Gasteiger partial charge in [0.15, 0.2) is 5.13 Å². The van der Waals surface area contributed by atoms with E-state index in [0.717, 1.165) is 30.1 Å². The molecule has 2 N–H and O–H groups in total. The van der Waals surface area contributed by atoms with E-state index in [0.29, 0.717) is 11.6 Å². The van der Waals surface area contributed by atoms with E-state index in [1.807, 2.05) is 20.8 Å². The van der Waals surface area contributed by atoms with E-state index in [2.05, 4.69) is 15.0 Å². The second kappa shape index (κ2) is 7.06. The van der Waals surface area contributed by atoms with Gasteiger partial charge in [-0.1, -0.05) is 6.92 Å². The molecule has 0 radical (unpaired) electrons. The van der Waals surface area contributed by atoms with Crippen molar-refractivity contribution >= 4 is 26.5 Å². The Morgan fingerprint density at radius 3 is 2.56 bits per heavy atom. The Morgan fingerprint density at radius 1 is 1.28 bits per heavy atom. The first kappa shape index (κ1) is 15.4. The number of sulfonamides is 1. The van der Waals surface area contributed by atoms with Crippen molar-refractivity contribution in [1.82, 2.24) is 10.3 Å². The van der Waals surface area contributed by atoms with Gasteiger partial charge in [0.25, 0.3) is 0 Å². The fourth-order valence-electron chi connectivity index (χ4n) is 1.42. The second-order valence-corrected chi connectivity index (χ2v) is 7.19. The summed E-state index contributed by atoms with van der Waals surface area (Å²) in [6.07, 6.45) is 1.52. The number of nitrogens with one attached hydrogen (secondary N) is 2. The van der Waals surface area contributed by atoms with Crippen molar-refractivity contribution in [2.24, 2.45) is 0 Å². The topological polar surface area (TPSA) is 71.1 Å². The molecule has 1 rings (SSSR count). The molecule has 0 bridgehead atoms. The highest BCUT2D eigenvalue weighted by Gasteiger charge is 2.13. The van der Waals surface area contributed by atoms with Gasteiger partial charge in [0, 0.05) is 4.88 Å². The summed E-state index contributed by atoms with van der Waals surface area (Å²) in [5.41, 5.74) is 0.879. The molecule has 18 heavy (non-hydrogen) atoms. The third-order valence-corrected chi connectivity index (χ3v) is 4.99. The third kappa shape index (κ3) is 5.32. The Labute approximate surface area is 113 Å². The second-order valence-electron chi connectivity index (χ2n) is 4.14. The number of nitrogens with zero attached hydrogens (tertiary/aromatic N) is 1. The zero-order chi connectivity index (χ0) is 13.6. The molecule has 0 fully saturated rings. The Balaban J connectivity index is 2.40. The van der Waals surface area contributed by atoms with Crippen LogP contribution in [0.25, 0.3) is 0 Å². The van der Waals surface area contributed by atoms with E-state index in [9.17, 15) is 8.42 Å². The summed E-state index contributed by atoms with van der Waals surface area (Å²) < 4.78 is 26.1. The van der Waals surface area contributed by atoms with Gasteiger partial charge in [-0.15, -0.1) is 11.3 Å². The molecule has 0 spiro atoms. The van der Waals surface area contributed by atoms with Crippen molar-refractivity contribution in [3.8, 4) is 0 Å². The smallest absolute Gasteiger partial charge is 0.234 e. The van der Waals surface area contributed by atoms with E-state index in [1.165, 1.54) is 11.3 Å². The summed E-state index contributed by atoms with van der Waals surface area (Å²) in [5.74, 6) is 0.149. The third-order valence-electron chi connectivity index (χ3n) is 2.54. The summed E-state index contributed by atoms with van der Waals surface area (Å²) in [6.45, 7) is 7.62. The Morgan fingerprint density at radius 2 is 2.00 bits per heavy atom. The zero-order valence-corrected chi connectivity index (χ0v) is 12.7. The van der Waals surface area contributed by atoms with E-state index in [1.54, 1.807) is 0 Å². The van der Waals surface area contributed by atoms with Crippen molar-refractivity contribution in [3.63, 3.8) is 0 Å². The maximum atomic E-state index is 11.8. The van der Waals surface area contributed by atoms with Gasteiger partial charge in [-0.25, -0.2) is 13.4 Å². The van der Waals surface area contributed by atoms with E-state index < -0.39 is 10.0 Å². The Bertz CT molecular complexity index is 449. The predicted molar refractivity (Wildman–Crippen MR) is 76.8 cm³/mol. The lowest BCUT2D eigenvalue weighted by atomic mass is 10.3. The van der Waals surface area contributed by atoms with E-state index in [-0.39, 0.29) is 5.75 Å². The molecular weight excluding hydrogens is 270 g/mol. The first-order valence-corrected chi connectivity index (χ1v) is 8.56. The highest BCUT2D eigenvalue weighted by atomic mass is 32.2. The van der Waals surface area contributed by atoms with E-state index >= 15 is 0 Å². The van der Waals surface area contributed by atoms with Crippen molar-refractivity contribution in [2.75, 3.05) is 23.6 Å². The summed E-state index contributed by atoms with van der Waals surface area (Å²) in [6, 6.07) is 0. The van der Waals surface area contributed by atoms with Gasteiger partial charge in [0.1, 0.15) is 0 Å². The average molecular weight is 291 g/mol. The summed E-state index contributed by atoms with van der Waals surface area (Å²) in [7, 11) is -3.26. The largest absolute Gasteiger partial charge is 0.317 e. The molecule has 0 aliphatic heterocycles. The van der Waals surface area contributed by atoms with Crippen LogP contribution in [-0.2, 0) is 10.0 Å². The van der Waals surface area contributed by atoms with Crippen LogP contribution in [0.2, 0.25) is 0 Å². The maximum Gasteiger partial charge on any atom is 0.234 e. The van der Waals surface area contributed by atoms with Crippen LogP contribution in [0.15, 0.2) is 0 Å². The van der Waals surface area contributed by atoms with E-state index in [4.69, 9.17) is 0 Å². The number of hydrogen-bond donors (Lipinski definition) is 2. The Hall–Kier alpha value is -0.660. The summed E-state index contributed by atoms with van der Waals surface area (Å²) in [4.78, 5) is 5.21. The minimum atomic E-state index is -3.26. The minimum Gasteiger partial charge on any atom is -0.317 e. The first-order valence-electron chi connectivity index (χ1n) is 6.10. The standard InChI is InChI=1S/C11H21N3O2S2/c1-4-12-7-5-6-8-18(15,16)14-11-13-9(2)10(3)17-11/h12H,4-8H2,1-3H3,(H,13,14). The van der Waals surface area contributed by atoms with Gasteiger partial charge in [0.05, 0.1) is 11.4 Å². The maximum absolute atomic E-state index is 11.8. The normalized spacial score (nSPS) is 11.7. The summed E-state index contributed by atoms with van der Waals surface area (Å²) >= 11 is 1.37. The number of hydrogen-bond acceptors (Lipinski definition) is 5. The lowest BCUT2D eigenvalue weighted by molar-refractivity contribution is 0.593. The minimum absolute atomic E-state index is 0.149. The number of rotatable bonds is 8. The summed E-state index contributed by atoms with van der Waals surface area (Å²) in [5, 5.41) is 3.64. The van der Waals surface area contributed by atoms with Gasteiger partial charge >= 0.3 is 0 Å². The van der Waals surface area contributed by atoms with Crippen LogP contribution in [0.5, 0.6) is 0 Å². The quantitative estimate of drug-likeness (QED) is 0.718. The SMILES string of the molecule is CCNCCCCS(=O)(=O)Nc1nc(C)c(C)s1. The molecule has 104 valence electrons. The molecule has 5 nitrogen and oxygen atoms in total. The number of anilines is 1. The van der Waals surface area contributed by atoms with Crippen molar-refractivity contribution < 1.29 is 8.42 Å². The average Bonchev–Trinajstić information content (AvgIpc) is 2.56. The van der Waals surface area contributed by atoms with Crippen LogP contribution in [-0.4, -0.2) is 32.2 Å². The predicted octanol–water partition coefficient (Wildman–Crippen LogP) is 1.89.